The summed E-state index contributed by atoms with van der Waals surface area (Å²) in [7, 11) is -3.78. The van der Waals surface area contributed by atoms with Crippen molar-refractivity contribution in [3.8, 4) is 0 Å². The lowest BCUT2D eigenvalue weighted by Crippen LogP contribution is -2.06. The molecule has 0 aromatic heterocycles. The standard InChI is InChI=1S/C8H18FO2P/c1-7(2)5-6-8(3)11-12(4,9)10/h7-8H,5-6H2,1-4H3. The van der Waals surface area contributed by atoms with E-state index in [0.717, 1.165) is 19.5 Å². The van der Waals surface area contributed by atoms with Gasteiger partial charge in [0.15, 0.2) is 0 Å². The van der Waals surface area contributed by atoms with Gasteiger partial charge in [-0.2, -0.15) is 4.20 Å². The lowest BCUT2D eigenvalue weighted by atomic mass is 10.1. The number of hydrogen-bond acceptors (Lipinski definition) is 2. The topological polar surface area (TPSA) is 26.3 Å². The first kappa shape index (κ1) is 12.1. The maximum Gasteiger partial charge on any atom is 0.364 e. The fourth-order valence-electron chi connectivity index (χ4n) is 0.942. The van der Waals surface area contributed by atoms with E-state index in [0.29, 0.717) is 5.92 Å². The predicted molar refractivity (Wildman–Crippen MR) is 49.3 cm³/mol. The third-order valence-electron chi connectivity index (χ3n) is 1.52. The molecule has 0 saturated carbocycles. The van der Waals surface area contributed by atoms with Crippen LogP contribution in [0.1, 0.15) is 33.6 Å². The smallest absolute Gasteiger partial charge is 0.303 e. The van der Waals surface area contributed by atoms with Gasteiger partial charge in [-0.3, -0.25) is 4.57 Å². The first-order valence-corrected chi connectivity index (χ1v) is 6.23. The van der Waals surface area contributed by atoms with Crippen molar-refractivity contribution < 1.29 is 13.3 Å². The van der Waals surface area contributed by atoms with Gasteiger partial charge in [0.1, 0.15) is 0 Å². The molecular formula is C8H18FO2P. The molecule has 2 nitrogen and oxygen atoms in total. The molecule has 4 heteroatoms. The van der Waals surface area contributed by atoms with E-state index in [2.05, 4.69) is 18.4 Å². The summed E-state index contributed by atoms with van der Waals surface area (Å²) < 4.78 is 27.8. The third-order valence-corrected chi connectivity index (χ3v) is 2.26. The number of hydrogen-bond donors (Lipinski definition) is 0. The van der Waals surface area contributed by atoms with Crippen molar-refractivity contribution in [3.05, 3.63) is 0 Å². The molecule has 0 aliphatic heterocycles. The summed E-state index contributed by atoms with van der Waals surface area (Å²) in [6.07, 6.45) is 1.49. The van der Waals surface area contributed by atoms with Gasteiger partial charge in [0.25, 0.3) is 0 Å². The Hall–Kier alpha value is 0.120. The average molecular weight is 196 g/mol. The van der Waals surface area contributed by atoms with Crippen molar-refractivity contribution >= 4 is 7.68 Å². The van der Waals surface area contributed by atoms with Crippen molar-refractivity contribution in [2.75, 3.05) is 6.66 Å². The summed E-state index contributed by atoms with van der Waals surface area (Å²) in [4.78, 5) is 0. The van der Waals surface area contributed by atoms with Crippen LogP contribution in [-0.4, -0.2) is 12.8 Å². The molecule has 0 aliphatic rings. The lowest BCUT2D eigenvalue weighted by Gasteiger charge is -2.14. The van der Waals surface area contributed by atoms with Gasteiger partial charge in [0.05, 0.1) is 6.10 Å². The molecule has 74 valence electrons. The SMILES string of the molecule is CC(C)CCC(C)OP(C)(=O)F. The van der Waals surface area contributed by atoms with Gasteiger partial charge in [-0.05, 0) is 25.7 Å². The molecule has 0 heterocycles. The molecule has 2 unspecified atom stereocenters. The van der Waals surface area contributed by atoms with Gasteiger partial charge in [-0.15, -0.1) is 0 Å². The highest BCUT2D eigenvalue weighted by molar-refractivity contribution is 7.52. The first-order valence-electron chi connectivity index (χ1n) is 4.27. The van der Waals surface area contributed by atoms with Gasteiger partial charge in [0, 0.05) is 6.66 Å². The summed E-state index contributed by atoms with van der Waals surface area (Å²) in [6.45, 7) is 6.93. The zero-order chi connectivity index (χ0) is 9.78. The van der Waals surface area contributed by atoms with Gasteiger partial charge >= 0.3 is 7.68 Å². The molecule has 0 aromatic rings. The van der Waals surface area contributed by atoms with Crippen molar-refractivity contribution in [3.63, 3.8) is 0 Å². The minimum absolute atomic E-state index is 0.242. The minimum atomic E-state index is -3.78. The van der Waals surface area contributed by atoms with Crippen molar-refractivity contribution in [1.82, 2.24) is 0 Å². The summed E-state index contributed by atoms with van der Waals surface area (Å²) in [5.74, 6) is 0.576. The van der Waals surface area contributed by atoms with Crippen LogP contribution >= 0.6 is 7.68 Å². The highest BCUT2D eigenvalue weighted by Gasteiger charge is 2.17. The zero-order valence-electron chi connectivity index (χ0n) is 8.21. The Morgan fingerprint density at radius 1 is 1.33 bits per heavy atom. The molecule has 0 aromatic carbocycles. The summed E-state index contributed by atoms with van der Waals surface area (Å²) in [5.41, 5.74) is 0. The van der Waals surface area contributed by atoms with Crippen LogP contribution in [0.15, 0.2) is 0 Å². The largest absolute Gasteiger partial charge is 0.364 e. The Morgan fingerprint density at radius 3 is 2.17 bits per heavy atom. The highest BCUT2D eigenvalue weighted by atomic mass is 31.2. The zero-order valence-corrected chi connectivity index (χ0v) is 9.11. The molecule has 0 bridgehead atoms. The molecule has 0 amide bonds. The number of rotatable bonds is 5. The van der Waals surface area contributed by atoms with E-state index in [9.17, 15) is 8.76 Å². The third kappa shape index (κ3) is 8.22. The maximum absolute atomic E-state index is 12.5. The van der Waals surface area contributed by atoms with Crippen LogP contribution in [0.4, 0.5) is 4.20 Å². The lowest BCUT2D eigenvalue weighted by molar-refractivity contribution is 0.191. The fourth-order valence-corrected chi connectivity index (χ4v) is 1.69. The molecule has 0 rings (SSSR count). The average Bonchev–Trinajstić information content (AvgIpc) is 1.79. The Labute approximate surface area is 74.1 Å². The van der Waals surface area contributed by atoms with Crippen LogP contribution in [0.5, 0.6) is 0 Å². The van der Waals surface area contributed by atoms with Crippen LogP contribution in [-0.2, 0) is 9.09 Å². The Morgan fingerprint density at radius 2 is 1.83 bits per heavy atom. The second-order valence-corrected chi connectivity index (χ2v) is 5.34. The number of halogens is 1. The fraction of sp³-hybridized carbons (Fsp3) is 1.00. The second kappa shape index (κ2) is 4.98. The summed E-state index contributed by atoms with van der Waals surface area (Å²) in [5, 5.41) is 0. The second-order valence-electron chi connectivity index (χ2n) is 3.63. The van der Waals surface area contributed by atoms with Crippen LogP contribution in [0.2, 0.25) is 0 Å². The van der Waals surface area contributed by atoms with Gasteiger partial charge in [0.2, 0.25) is 0 Å². The van der Waals surface area contributed by atoms with E-state index in [1.165, 1.54) is 0 Å². The predicted octanol–water partition coefficient (Wildman–Crippen LogP) is 3.62. The van der Waals surface area contributed by atoms with E-state index in [1.54, 1.807) is 6.92 Å². The Balaban J connectivity index is 3.60. The van der Waals surface area contributed by atoms with E-state index < -0.39 is 7.68 Å². The van der Waals surface area contributed by atoms with Crippen LogP contribution in [0.3, 0.4) is 0 Å². The van der Waals surface area contributed by atoms with Gasteiger partial charge in [-0.1, -0.05) is 13.8 Å². The van der Waals surface area contributed by atoms with Gasteiger partial charge < -0.3 is 4.52 Å². The van der Waals surface area contributed by atoms with Crippen molar-refractivity contribution in [1.29, 1.82) is 0 Å². The molecule has 0 spiro atoms. The van der Waals surface area contributed by atoms with E-state index >= 15 is 0 Å². The molecule has 0 N–H and O–H groups in total. The van der Waals surface area contributed by atoms with Crippen LogP contribution in [0, 0.1) is 5.92 Å². The molecule has 0 saturated heterocycles. The molecule has 2 atom stereocenters. The van der Waals surface area contributed by atoms with Crippen molar-refractivity contribution in [2.45, 2.75) is 39.7 Å². The highest BCUT2D eigenvalue weighted by Crippen LogP contribution is 2.45. The minimum Gasteiger partial charge on any atom is -0.303 e. The van der Waals surface area contributed by atoms with Gasteiger partial charge in [-0.25, -0.2) is 0 Å². The van der Waals surface area contributed by atoms with Crippen LogP contribution < -0.4 is 0 Å². The van der Waals surface area contributed by atoms with E-state index in [1.807, 2.05) is 0 Å². The molecule has 0 aliphatic carbocycles. The summed E-state index contributed by atoms with van der Waals surface area (Å²) in [6, 6.07) is 0. The molecule has 12 heavy (non-hydrogen) atoms. The normalized spacial score (nSPS) is 19.2. The van der Waals surface area contributed by atoms with E-state index in [4.69, 9.17) is 0 Å². The quantitative estimate of drug-likeness (QED) is 0.628. The van der Waals surface area contributed by atoms with Crippen molar-refractivity contribution in [2.24, 2.45) is 5.92 Å². The molecule has 0 radical (unpaired) electrons. The molecular weight excluding hydrogens is 178 g/mol. The Kier molecular flexibility index (Phi) is 5.03. The first-order chi connectivity index (χ1) is 5.31. The summed E-state index contributed by atoms with van der Waals surface area (Å²) >= 11 is 0. The monoisotopic (exact) mass is 196 g/mol. The Bertz CT molecular complexity index is 164. The maximum atomic E-state index is 12.5. The molecule has 0 fully saturated rings. The van der Waals surface area contributed by atoms with Crippen LogP contribution in [0.25, 0.3) is 0 Å². The van der Waals surface area contributed by atoms with E-state index in [-0.39, 0.29) is 6.10 Å².